The average Bonchev–Trinajstić information content (AvgIpc) is 3.13. The highest BCUT2D eigenvalue weighted by Gasteiger charge is 2.15. The molecule has 0 spiro atoms. The molecule has 0 aliphatic rings. The van der Waals surface area contributed by atoms with Crippen molar-refractivity contribution in [2.24, 2.45) is 0 Å². The van der Waals surface area contributed by atoms with Gasteiger partial charge < -0.3 is 24.7 Å². The molecule has 0 fully saturated rings. The Balaban J connectivity index is 1.58. The third kappa shape index (κ3) is 5.24. The van der Waals surface area contributed by atoms with Crippen LogP contribution in [0.25, 0.3) is 22.4 Å². The zero-order valence-electron chi connectivity index (χ0n) is 18.2. The number of benzene rings is 2. The fourth-order valence-corrected chi connectivity index (χ4v) is 3.38. The number of carboxylic acid groups (broad SMARTS) is 1. The van der Waals surface area contributed by atoms with Gasteiger partial charge in [-0.25, -0.2) is 9.78 Å². The number of aliphatic hydroxyl groups is 1. The Bertz CT molecular complexity index is 1330. The summed E-state index contributed by atoms with van der Waals surface area (Å²) in [6.07, 6.45) is 0. The minimum absolute atomic E-state index is 0.155. The summed E-state index contributed by atoms with van der Waals surface area (Å²) in [5.41, 5.74) is 2.15. The first kappa shape index (κ1) is 22.6. The standard InChI is InChI=1S/C24H22ClN3O5/c1-13-4-7-16(10-17(13)22(29)30)33-23-26-19-11-18(25)20(27-21(19)28-23)14-5-8-15(9-6-14)32-12-24(2,3)31/h4-11,31H,12H2,1-3H3,(H,29,30)(H,26,27,28). The lowest BCUT2D eigenvalue weighted by atomic mass is 10.1. The molecule has 0 amide bonds. The van der Waals surface area contributed by atoms with Crippen LogP contribution in [0.5, 0.6) is 17.5 Å². The number of nitrogens with one attached hydrogen (secondary N) is 1. The number of ether oxygens (including phenoxy) is 2. The molecule has 0 aliphatic heterocycles. The van der Waals surface area contributed by atoms with E-state index in [1.54, 1.807) is 51.1 Å². The lowest BCUT2D eigenvalue weighted by Gasteiger charge is -2.17. The van der Waals surface area contributed by atoms with Gasteiger partial charge in [-0.3, -0.25) is 0 Å². The third-order valence-electron chi connectivity index (χ3n) is 4.78. The lowest BCUT2D eigenvalue weighted by molar-refractivity contribution is 0.0285. The van der Waals surface area contributed by atoms with Crippen LogP contribution in [0.15, 0.2) is 48.5 Å². The van der Waals surface area contributed by atoms with Gasteiger partial charge in [0.1, 0.15) is 18.1 Å². The molecule has 2 aromatic heterocycles. The Morgan fingerprint density at radius 3 is 2.45 bits per heavy atom. The van der Waals surface area contributed by atoms with Crippen molar-refractivity contribution in [3.05, 3.63) is 64.7 Å². The number of hydrogen-bond donors (Lipinski definition) is 3. The second-order valence-electron chi connectivity index (χ2n) is 8.24. The van der Waals surface area contributed by atoms with Crippen LogP contribution in [0.2, 0.25) is 5.02 Å². The Labute approximate surface area is 194 Å². The predicted molar refractivity (Wildman–Crippen MR) is 124 cm³/mol. The quantitative estimate of drug-likeness (QED) is 0.340. The topological polar surface area (TPSA) is 118 Å². The number of hydrogen-bond acceptors (Lipinski definition) is 6. The molecule has 8 nitrogen and oxygen atoms in total. The SMILES string of the molecule is Cc1ccc(Oc2nc3nc(-c4ccc(OCC(C)(C)O)cc4)c(Cl)cc3[nH]2)cc1C(=O)O. The number of aromatic carboxylic acids is 1. The van der Waals surface area contributed by atoms with E-state index < -0.39 is 11.6 Å². The van der Waals surface area contributed by atoms with E-state index in [-0.39, 0.29) is 18.2 Å². The van der Waals surface area contributed by atoms with E-state index in [0.29, 0.717) is 38.9 Å². The van der Waals surface area contributed by atoms with Crippen LogP contribution in [0.3, 0.4) is 0 Å². The molecule has 4 aromatic rings. The van der Waals surface area contributed by atoms with Gasteiger partial charge in [0.25, 0.3) is 0 Å². The molecule has 9 heteroatoms. The minimum atomic E-state index is -1.03. The number of H-pyrrole nitrogens is 1. The van der Waals surface area contributed by atoms with Gasteiger partial charge in [-0.2, -0.15) is 4.98 Å². The number of fused-ring (bicyclic) bond motifs is 1. The average molecular weight is 468 g/mol. The smallest absolute Gasteiger partial charge is 0.336 e. The summed E-state index contributed by atoms with van der Waals surface area (Å²) < 4.78 is 11.3. The molecule has 0 saturated heterocycles. The summed E-state index contributed by atoms with van der Waals surface area (Å²) in [4.78, 5) is 23.3. The first-order chi connectivity index (χ1) is 15.6. The number of imidazole rings is 1. The number of pyridine rings is 1. The van der Waals surface area contributed by atoms with Crippen molar-refractivity contribution >= 4 is 28.7 Å². The Morgan fingerprint density at radius 2 is 1.79 bits per heavy atom. The molecule has 0 aliphatic carbocycles. The van der Waals surface area contributed by atoms with Crippen molar-refractivity contribution in [2.45, 2.75) is 26.4 Å². The number of carboxylic acids is 1. The summed E-state index contributed by atoms with van der Waals surface area (Å²) >= 11 is 6.46. The van der Waals surface area contributed by atoms with Crippen molar-refractivity contribution in [3.63, 3.8) is 0 Å². The van der Waals surface area contributed by atoms with Gasteiger partial charge in [-0.15, -0.1) is 0 Å². The van der Waals surface area contributed by atoms with Gasteiger partial charge >= 0.3 is 12.0 Å². The molecule has 0 atom stereocenters. The second-order valence-corrected chi connectivity index (χ2v) is 8.65. The number of carbonyl (C=O) groups is 1. The van der Waals surface area contributed by atoms with E-state index in [1.165, 1.54) is 6.07 Å². The van der Waals surface area contributed by atoms with Gasteiger partial charge in [-0.05, 0) is 68.8 Å². The van der Waals surface area contributed by atoms with Gasteiger partial charge in [0.15, 0.2) is 5.65 Å². The highest BCUT2D eigenvalue weighted by atomic mass is 35.5. The number of aryl methyl sites for hydroxylation is 1. The van der Waals surface area contributed by atoms with E-state index in [4.69, 9.17) is 21.1 Å². The first-order valence-corrected chi connectivity index (χ1v) is 10.5. The number of halogens is 1. The first-order valence-electron chi connectivity index (χ1n) is 10.1. The number of aromatic amines is 1. The third-order valence-corrected chi connectivity index (χ3v) is 5.07. The molecule has 2 heterocycles. The van der Waals surface area contributed by atoms with Crippen LogP contribution >= 0.6 is 11.6 Å². The van der Waals surface area contributed by atoms with Crippen molar-refractivity contribution < 1.29 is 24.5 Å². The molecule has 170 valence electrons. The highest BCUT2D eigenvalue weighted by Crippen LogP contribution is 2.31. The fraction of sp³-hybridized carbons (Fsp3) is 0.208. The molecule has 2 aromatic carbocycles. The van der Waals surface area contributed by atoms with Crippen LogP contribution < -0.4 is 9.47 Å². The molecule has 3 N–H and O–H groups in total. The van der Waals surface area contributed by atoms with E-state index in [2.05, 4.69) is 15.0 Å². The summed E-state index contributed by atoms with van der Waals surface area (Å²) in [6.45, 7) is 5.23. The van der Waals surface area contributed by atoms with Crippen LogP contribution in [0.4, 0.5) is 0 Å². The van der Waals surface area contributed by atoms with Gasteiger partial charge in [0, 0.05) is 5.56 Å². The minimum Gasteiger partial charge on any atom is -0.491 e. The molecule has 4 rings (SSSR count). The Hall–Kier alpha value is -3.62. The monoisotopic (exact) mass is 467 g/mol. The van der Waals surface area contributed by atoms with Crippen molar-refractivity contribution in [3.8, 4) is 28.8 Å². The molecule has 0 unspecified atom stereocenters. The van der Waals surface area contributed by atoms with Gasteiger partial charge in [0.2, 0.25) is 0 Å². The van der Waals surface area contributed by atoms with E-state index in [0.717, 1.165) is 5.56 Å². The molecule has 0 radical (unpaired) electrons. The van der Waals surface area contributed by atoms with Crippen LogP contribution in [-0.2, 0) is 0 Å². The maximum absolute atomic E-state index is 11.4. The van der Waals surface area contributed by atoms with Crippen molar-refractivity contribution in [2.75, 3.05) is 6.61 Å². The zero-order chi connectivity index (χ0) is 23.8. The van der Waals surface area contributed by atoms with E-state index in [9.17, 15) is 15.0 Å². The lowest BCUT2D eigenvalue weighted by Crippen LogP contribution is -2.27. The van der Waals surface area contributed by atoms with Crippen LogP contribution in [0, 0.1) is 6.92 Å². The van der Waals surface area contributed by atoms with Crippen molar-refractivity contribution in [1.29, 1.82) is 0 Å². The van der Waals surface area contributed by atoms with E-state index in [1.807, 2.05) is 12.1 Å². The normalized spacial score (nSPS) is 11.5. The summed E-state index contributed by atoms with van der Waals surface area (Å²) in [5.74, 6) is -0.0745. The van der Waals surface area contributed by atoms with Crippen LogP contribution in [-0.4, -0.2) is 43.3 Å². The summed E-state index contributed by atoms with van der Waals surface area (Å²) in [6, 6.07) is 13.9. The predicted octanol–water partition coefficient (Wildman–Crippen LogP) is 5.23. The Kier molecular flexibility index (Phi) is 5.97. The number of nitrogens with zero attached hydrogens (tertiary/aromatic N) is 2. The van der Waals surface area contributed by atoms with Gasteiger partial charge in [0.05, 0.1) is 27.4 Å². The summed E-state index contributed by atoms with van der Waals surface area (Å²) in [7, 11) is 0. The molecule has 0 bridgehead atoms. The van der Waals surface area contributed by atoms with Crippen molar-refractivity contribution in [1.82, 2.24) is 15.0 Å². The second kappa shape index (κ2) is 8.73. The Morgan fingerprint density at radius 1 is 1.09 bits per heavy atom. The fourth-order valence-electron chi connectivity index (χ4n) is 3.12. The maximum Gasteiger partial charge on any atom is 0.336 e. The largest absolute Gasteiger partial charge is 0.491 e. The number of aromatic nitrogens is 3. The summed E-state index contributed by atoms with van der Waals surface area (Å²) in [5, 5.41) is 19.5. The molecule has 0 saturated carbocycles. The molecular formula is C24H22ClN3O5. The molecule has 33 heavy (non-hydrogen) atoms. The van der Waals surface area contributed by atoms with Gasteiger partial charge in [-0.1, -0.05) is 17.7 Å². The van der Waals surface area contributed by atoms with Crippen LogP contribution in [0.1, 0.15) is 29.8 Å². The molecular weight excluding hydrogens is 446 g/mol. The van der Waals surface area contributed by atoms with E-state index >= 15 is 0 Å². The maximum atomic E-state index is 11.4. The highest BCUT2D eigenvalue weighted by molar-refractivity contribution is 6.33. The number of rotatable bonds is 7. The zero-order valence-corrected chi connectivity index (χ0v) is 19.0.